The average molecular weight is 244 g/mol. The largest absolute Gasteiger partial charge is 0.357 e. The van der Waals surface area contributed by atoms with Crippen LogP contribution in [0, 0.1) is 0 Å². The first-order valence-electron chi connectivity index (χ1n) is 6.21. The number of carbonyl (C=O) groups excluding carboxylic acids is 1. The molecule has 0 saturated carbocycles. The monoisotopic (exact) mass is 244 g/mol. The van der Waals surface area contributed by atoms with E-state index in [0.717, 1.165) is 37.2 Å². The van der Waals surface area contributed by atoms with Crippen molar-refractivity contribution in [2.45, 2.75) is 12.8 Å². The first-order valence-corrected chi connectivity index (χ1v) is 6.21. The number of aryl methyl sites for hydroxylation is 1. The van der Waals surface area contributed by atoms with E-state index in [0.29, 0.717) is 5.69 Å². The van der Waals surface area contributed by atoms with Gasteiger partial charge in [-0.2, -0.15) is 5.10 Å². The van der Waals surface area contributed by atoms with Crippen molar-refractivity contribution in [3.63, 3.8) is 0 Å². The number of nitrogens with zero attached hydrogens (tertiary/aromatic N) is 3. The van der Waals surface area contributed by atoms with Gasteiger partial charge in [-0.3, -0.25) is 9.89 Å². The van der Waals surface area contributed by atoms with Crippen LogP contribution in [0.4, 0.5) is 0 Å². The second-order valence-electron chi connectivity index (χ2n) is 4.73. The maximum atomic E-state index is 12.1. The molecule has 18 heavy (non-hydrogen) atoms. The summed E-state index contributed by atoms with van der Waals surface area (Å²) in [6.45, 7) is 1.72. The number of hydrogen-bond acceptors (Lipinski definition) is 2. The summed E-state index contributed by atoms with van der Waals surface area (Å²) in [5.74, 6) is 0.0576. The van der Waals surface area contributed by atoms with Gasteiger partial charge in [0.15, 0.2) is 0 Å². The van der Waals surface area contributed by atoms with E-state index in [1.54, 1.807) is 0 Å². The van der Waals surface area contributed by atoms with E-state index in [1.165, 1.54) is 0 Å². The lowest BCUT2D eigenvalue weighted by Crippen LogP contribution is -2.27. The first-order chi connectivity index (χ1) is 8.74. The molecule has 5 heteroatoms. The van der Waals surface area contributed by atoms with Gasteiger partial charge in [0.05, 0.1) is 5.69 Å². The van der Waals surface area contributed by atoms with E-state index in [4.69, 9.17) is 0 Å². The molecule has 1 aliphatic rings. The summed E-state index contributed by atoms with van der Waals surface area (Å²) >= 11 is 0. The quantitative estimate of drug-likeness (QED) is 0.873. The Morgan fingerprint density at radius 3 is 2.83 bits per heavy atom. The van der Waals surface area contributed by atoms with E-state index < -0.39 is 0 Å². The Hall–Kier alpha value is -2.04. The highest BCUT2D eigenvalue weighted by Crippen LogP contribution is 2.19. The van der Waals surface area contributed by atoms with E-state index in [2.05, 4.69) is 10.2 Å². The van der Waals surface area contributed by atoms with Crippen molar-refractivity contribution in [2.24, 2.45) is 7.05 Å². The summed E-state index contributed by atoms with van der Waals surface area (Å²) in [6.07, 6.45) is 6.16. The Labute approximate surface area is 105 Å². The predicted octanol–water partition coefficient (Wildman–Crippen LogP) is 1.65. The zero-order valence-electron chi connectivity index (χ0n) is 10.4. The lowest BCUT2D eigenvalue weighted by molar-refractivity contribution is 0.0787. The van der Waals surface area contributed by atoms with Gasteiger partial charge in [0.25, 0.3) is 5.91 Å². The molecule has 1 fully saturated rings. The van der Waals surface area contributed by atoms with Crippen molar-refractivity contribution in [2.75, 3.05) is 13.1 Å². The molecule has 0 atom stereocenters. The van der Waals surface area contributed by atoms with Crippen LogP contribution in [0.5, 0.6) is 0 Å². The number of rotatable bonds is 2. The van der Waals surface area contributed by atoms with Crippen molar-refractivity contribution in [1.82, 2.24) is 19.7 Å². The van der Waals surface area contributed by atoms with Crippen molar-refractivity contribution in [3.8, 4) is 11.3 Å². The molecule has 0 spiro atoms. The molecule has 0 aliphatic carbocycles. The molecule has 3 rings (SSSR count). The molecule has 5 nitrogen and oxygen atoms in total. The number of aromatic nitrogens is 3. The molecule has 0 bridgehead atoms. The topological polar surface area (TPSA) is 53.9 Å². The fourth-order valence-corrected chi connectivity index (χ4v) is 2.32. The normalized spacial score (nSPS) is 15.3. The number of amides is 1. The SMILES string of the molecule is Cn1ccc(-c2cc(C(=O)N3CCCC3)[nH]n2)c1. The number of aromatic amines is 1. The number of hydrogen-bond donors (Lipinski definition) is 1. The summed E-state index contributed by atoms with van der Waals surface area (Å²) in [5.41, 5.74) is 2.42. The van der Waals surface area contributed by atoms with Crippen LogP contribution in [0.15, 0.2) is 24.5 Å². The van der Waals surface area contributed by atoms with Gasteiger partial charge in [0, 0.05) is 38.1 Å². The molecule has 0 unspecified atom stereocenters. The summed E-state index contributed by atoms with van der Waals surface area (Å²) < 4.78 is 1.96. The zero-order valence-corrected chi connectivity index (χ0v) is 10.4. The van der Waals surface area contributed by atoms with Crippen LogP contribution in [0.25, 0.3) is 11.3 Å². The van der Waals surface area contributed by atoms with Crippen LogP contribution in [0.1, 0.15) is 23.3 Å². The van der Waals surface area contributed by atoms with Gasteiger partial charge in [-0.15, -0.1) is 0 Å². The zero-order chi connectivity index (χ0) is 12.5. The number of nitrogens with one attached hydrogen (secondary N) is 1. The molecule has 2 aromatic heterocycles. The van der Waals surface area contributed by atoms with Gasteiger partial charge in [0.2, 0.25) is 0 Å². The van der Waals surface area contributed by atoms with Crippen molar-refractivity contribution >= 4 is 5.91 Å². The van der Waals surface area contributed by atoms with E-state index in [-0.39, 0.29) is 5.91 Å². The minimum atomic E-state index is 0.0576. The third kappa shape index (κ3) is 1.92. The van der Waals surface area contributed by atoms with Crippen molar-refractivity contribution in [3.05, 3.63) is 30.2 Å². The maximum absolute atomic E-state index is 12.1. The fraction of sp³-hybridized carbons (Fsp3) is 0.385. The van der Waals surface area contributed by atoms with Crippen LogP contribution in [0.3, 0.4) is 0 Å². The summed E-state index contributed by atoms with van der Waals surface area (Å²) in [4.78, 5) is 14.0. The molecule has 1 N–H and O–H groups in total. The highest BCUT2D eigenvalue weighted by atomic mass is 16.2. The van der Waals surface area contributed by atoms with Crippen molar-refractivity contribution in [1.29, 1.82) is 0 Å². The molecular formula is C13H16N4O. The lowest BCUT2D eigenvalue weighted by atomic mass is 10.2. The molecule has 2 aromatic rings. The second-order valence-corrected chi connectivity index (χ2v) is 4.73. The Bertz CT molecular complexity index is 563. The third-order valence-corrected chi connectivity index (χ3v) is 3.33. The highest BCUT2D eigenvalue weighted by Gasteiger charge is 2.21. The number of H-pyrrole nitrogens is 1. The molecule has 1 aliphatic heterocycles. The van der Waals surface area contributed by atoms with Crippen LogP contribution in [0.2, 0.25) is 0 Å². The summed E-state index contributed by atoms with van der Waals surface area (Å²) in [5, 5.41) is 7.05. The minimum absolute atomic E-state index is 0.0576. The standard InChI is InChI=1S/C13H16N4O/c1-16-7-4-10(9-16)11-8-12(15-14-11)13(18)17-5-2-3-6-17/h4,7-9H,2-3,5-6H2,1H3,(H,14,15). The lowest BCUT2D eigenvalue weighted by Gasteiger charge is -2.12. The molecular weight excluding hydrogens is 228 g/mol. The molecule has 0 radical (unpaired) electrons. The van der Waals surface area contributed by atoms with Crippen molar-refractivity contribution < 1.29 is 4.79 Å². The minimum Gasteiger partial charge on any atom is -0.357 e. The number of likely N-dealkylation sites (tertiary alicyclic amines) is 1. The van der Waals surface area contributed by atoms with E-state index in [1.807, 2.05) is 41.0 Å². The van der Waals surface area contributed by atoms with E-state index >= 15 is 0 Å². The molecule has 1 saturated heterocycles. The number of carbonyl (C=O) groups is 1. The molecule has 0 aromatic carbocycles. The van der Waals surface area contributed by atoms with Crippen LogP contribution >= 0.6 is 0 Å². The van der Waals surface area contributed by atoms with Crippen LogP contribution in [-0.4, -0.2) is 38.7 Å². The Kier molecular flexibility index (Phi) is 2.66. The molecule has 3 heterocycles. The van der Waals surface area contributed by atoms with Crippen LogP contribution in [-0.2, 0) is 7.05 Å². The smallest absolute Gasteiger partial charge is 0.271 e. The van der Waals surface area contributed by atoms with E-state index in [9.17, 15) is 4.79 Å². The Balaban J connectivity index is 1.82. The predicted molar refractivity (Wildman–Crippen MR) is 68.1 cm³/mol. The molecule has 94 valence electrons. The fourth-order valence-electron chi connectivity index (χ4n) is 2.32. The maximum Gasteiger partial charge on any atom is 0.271 e. The summed E-state index contributed by atoms with van der Waals surface area (Å²) in [7, 11) is 1.96. The Morgan fingerprint density at radius 2 is 2.17 bits per heavy atom. The van der Waals surface area contributed by atoms with Gasteiger partial charge in [0.1, 0.15) is 5.69 Å². The molecule has 1 amide bonds. The van der Waals surface area contributed by atoms with Gasteiger partial charge in [-0.25, -0.2) is 0 Å². The van der Waals surface area contributed by atoms with Crippen LogP contribution < -0.4 is 0 Å². The van der Waals surface area contributed by atoms with Gasteiger partial charge < -0.3 is 9.47 Å². The van der Waals surface area contributed by atoms with Gasteiger partial charge in [-0.1, -0.05) is 0 Å². The van der Waals surface area contributed by atoms with Gasteiger partial charge in [-0.05, 0) is 25.0 Å². The summed E-state index contributed by atoms with van der Waals surface area (Å²) in [6, 6.07) is 3.82. The van der Waals surface area contributed by atoms with Gasteiger partial charge >= 0.3 is 0 Å². The average Bonchev–Trinajstić information content (AvgIpc) is 3.09. The Morgan fingerprint density at radius 1 is 1.39 bits per heavy atom. The second kappa shape index (κ2) is 4.33. The third-order valence-electron chi connectivity index (χ3n) is 3.33. The first kappa shape index (κ1) is 11.1. The highest BCUT2D eigenvalue weighted by molar-refractivity contribution is 5.93.